The van der Waals surface area contributed by atoms with E-state index in [1.807, 2.05) is 0 Å². The number of hydrogen-bond acceptors (Lipinski definition) is 1. The quantitative estimate of drug-likeness (QED) is 0.475. The summed E-state index contributed by atoms with van der Waals surface area (Å²) in [6, 6.07) is 0. The van der Waals surface area contributed by atoms with Gasteiger partial charge in [0.2, 0.25) is 0 Å². The smallest absolute Gasteiger partial charge is 0.395 e. The van der Waals surface area contributed by atoms with E-state index in [0.29, 0.717) is 0 Å². The van der Waals surface area contributed by atoms with Crippen LogP contribution in [0.25, 0.3) is 0 Å². The third kappa shape index (κ3) is 2.98. The van der Waals surface area contributed by atoms with Crippen LogP contribution in [0.5, 0.6) is 0 Å². The van der Waals surface area contributed by atoms with Crippen molar-refractivity contribution in [2.24, 2.45) is 0 Å². The van der Waals surface area contributed by atoms with Gasteiger partial charge in [0.25, 0.3) is 0 Å². The van der Waals surface area contributed by atoms with Crippen molar-refractivity contribution >= 4 is 15.9 Å². The van der Waals surface area contributed by atoms with Crippen molar-refractivity contribution in [2.45, 2.75) is 40.6 Å². The summed E-state index contributed by atoms with van der Waals surface area (Å²) in [7, 11) is 0. The summed E-state index contributed by atoms with van der Waals surface area (Å²) < 4.78 is 163. The highest BCUT2D eigenvalue weighted by Crippen LogP contribution is 2.61. The van der Waals surface area contributed by atoms with Gasteiger partial charge in [-0.1, -0.05) is 15.9 Å². The lowest BCUT2D eigenvalue weighted by Gasteiger charge is -2.40. The number of hydrogen-bond donors (Lipinski definition) is 1. The molecule has 1 atom stereocenters. The molecule has 140 valence electrons. The van der Waals surface area contributed by atoms with Crippen LogP contribution < -0.4 is 0 Å². The number of aliphatic hydroxyl groups is 1. The minimum Gasteiger partial charge on any atom is -0.395 e. The van der Waals surface area contributed by atoms with E-state index in [2.05, 4.69) is 0 Å². The van der Waals surface area contributed by atoms with Gasteiger partial charge in [-0.3, -0.25) is 0 Å². The maximum Gasteiger partial charge on any atom is 0.460 e. The van der Waals surface area contributed by atoms with Crippen molar-refractivity contribution in [2.75, 3.05) is 6.61 Å². The Balaban J connectivity index is 6.25. The first-order valence-electron chi connectivity index (χ1n) is 4.94. The predicted molar refractivity (Wildman–Crippen MR) is 50.6 cm³/mol. The van der Waals surface area contributed by atoms with E-state index in [4.69, 9.17) is 5.11 Å². The molecule has 0 fully saturated rings. The lowest BCUT2D eigenvalue weighted by Crippen LogP contribution is -2.71. The van der Waals surface area contributed by atoms with Gasteiger partial charge in [0.05, 0.1) is 6.61 Å². The molecule has 0 rings (SSSR count). The van der Waals surface area contributed by atoms with Crippen LogP contribution in [0.15, 0.2) is 0 Å². The van der Waals surface area contributed by atoms with Crippen molar-refractivity contribution in [3.05, 3.63) is 0 Å². The van der Waals surface area contributed by atoms with Crippen molar-refractivity contribution in [3.63, 3.8) is 0 Å². The molecule has 0 amide bonds. The van der Waals surface area contributed by atoms with Crippen molar-refractivity contribution < 1.29 is 62.2 Å². The highest BCUT2D eigenvalue weighted by atomic mass is 79.9. The number of rotatable bonds is 6. The summed E-state index contributed by atoms with van der Waals surface area (Å²) in [6.45, 7) is -2.06. The van der Waals surface area contributed by atoms with Crippen LogP contribution in [0, 0.1) is 0 Å². The Labute approximate surface area is 126 Å². The van der Waals surface area contributed by atoms with Crippen molar-refractivity contribution in [1.82, 2.24) is 0 Å². The maximum atomic E-state index is 13.0. The van der Waals surface area contributed by atoms with E-state index >= 15 is 0 Å². The molecule has 1 unspecified atom stereocenters. The van der Waals surface area contributed by atoms with Crippen LogP contribution >= 0.6 is 15.9 Å². The van der Waals surface area contributed by atoms with E-state index in [1.54, 1.807) is 0 Å². The zero-order valence-corrected chi connectivity index (χ0v) is 11.6. The fourth-order valence-corrected chi connectivity index (χ4v) is 1.38. The summed E-state index contributed by atoms with van der Waals surface area (Å²) in [5.41, 5.74) is 0. The number of aliphatic hydroxyl groups excluding tert-OH is 1. The second-order valence-corrected chi connectivity index (χ2v) is 5.17. The minimum atomic E-state index is -7.92. The molecule has 0 saturated heterocycles. The standard InChI is InChI=1S/C8H4BrF13O/c9-2(1-23)3(10,11)4(12,13)5(14,15)6(16,17)7(18,19)8(20,21)22/h2,23H,1H2. The average Bonchev–Trinajstić information content (AvgIpc) is 2.35. The highest BCUT2D eigenvalue weighted by Gasteiger charge is 2.91. The SMILES string of the molecule is OCC(Br)C(F)(F)C(F)(F)C(F)(F)C(F)(F)C(F)(F)C(F)(F)F. The molecule has 23 heavy (non-hydrogen) atoms. The largest absolute Gasteiger partial charge is 0.460 e. The van der Waals surface area contributed by atoms with Gasteiger partial charge < -0.3 is 5.11 Å². The molecule has 0 aliphatic rings. The van der Waals surface area contributed by atoms with E-state index < -0.39 is 47.2 Å². The van der Waals surface area contributed by atoms with Gasteiger partial charge in [-0.2, -0.15) is 57.1 Å². The van der Waals surface area contributed by atoms with Crippen LogP contribution in [0.1, 0.15) is 0 Å². The lowest BCUT2D eigenvalue weighted by atomic mass is 9.93. The fourth-order valence-electron chi connectivity index (χ4n) is 1.09. The Kier molecular flexibility index (Phi) is 5.69. The second kappa shape index (κ2) is 5.81. The predicted octanol–water partition coefficient (Wildman–Crippen LogP) is 4.48. The topological polar surface area (TPSA) is 20.2 Å². The lowest BCUT2D eigenvalue weighted by molar-refractivity contribution is -0.439. The summed E-state index contributed by atoms with van der Waals surface area (Å²) in [6.07, 6.45) is -7.43. The molecule has 1 N–H and O–H groups in total. The van der Waals surface area contributed by atoms with Crippen LogP contribution in [0.4, 0.5) is 57.1 Å². The molecule has 0 aliphatic heterocycles. The second-order valence-electron chi connectivity index (χ2n) is 4.07. The first-order valence-corrected chi connectivity index (χ1v) is 5.85. The van der Waals surface area contributed by atoms with E-state index in [-0.39, 0.29) is 0 Å². The number of alkyl halides is 14. The van der Waals surface area contributed by atoms with Gasteiger partial charge in [0, 0.05) is 0 Å². The summed E-state index contributed by atoms with van der Waals surface area (Å²) in [5.74, 6) is -37.2. The Hall–Kier alpha value is -0.470. The molecule has 0 aromatic carbocycles. The van der Waals surface area contributed by atoms with E-state index in [1.165, 1.54) is 15.9 Å². The van der Waals surface area contributed by atoms with E-state index in [9.17, 15) is 57.1 Å². The van der Waals surface area contributed by atoms with Gasteiger partial charge in [-0.25, -0.2) is 0 Å². The molecule has 15 heteroatoms. The molecular formula is C8H4BrF13O. The van der Waals surface area contributed by atoms with Gasteiger partial charge >= 0.3 is 35.8 Å². The van der Waals surface area contributed by atoms with Crippen LogP contribution in [-0.2, 0) is 0 Å². The van der Waals surface area contributed by atoms with Crippen LogP contribution in [-0.4, -0.2) is 52.3 Å². The van der Waals surface area contributed by atoms with Gasteiger partial charge in [0.15, 0.2) is 0 Å². The van der Waals surface area contributed by atoms with Gasteiger partial charge in [-0.05, 0) is 0 Å². The van der Waals surface area contributed by atoms with E-state index in [0.717, 1.165) is 0 Å². The molecule has 0 aliphatic carbocycles. The Morgan fingerprint density at radius 2 is 0.913 bits per heavy atom. The zero-order chi connectivity index (χ0) is 19.3. The van der Waals surface area contributed by atoms with Crippen LogP contribution in [0.3, 0.4) is 0 Å². The third-order valence-electron chi connectivity index (χ3n) is 2.51. The zero-order valence-electron chi connectivity index (χ0n) is 10.0. The average molecular weight is 443 g/mol. The Morgan fingerprint density at radius 3 is 1.17 bits per heavy atom. The molecule has 0 radical (unpaired) electrons. The first-order chi connectivity index (χ1) is 9.73. The molecule has 0 aromatic heterocycles. The van der Waals surface area contributed by atoms with Crippen molar-refractivity contribution in [1.29, 1.82) is 0 Å². The van der Waals surface area contributed by atoms with Crippen LogP contribution in [0.2, 0.25) is 0 Å². The summed E-state index contributed by atoms with van der Waals surface area (Å²) >= 11 is 1.52. The Morgan fingerprint density at radius 1 is 0.609 bits per heavy atom. The molecule has 0 bridgehead atoms. The molecule has 0 heterocycles. The first kappa shape index (κ1) is 22.5. The number of halogens is 14. The van der Waals surface area contributed by atoms with Gasteiger partial charge in [-0.15, -0.1) is 0 Å². The molecular weight excluding hydrogens is 439 g/mol. The third-order valence-corrected chi connectivity index (χ3v) is 3.38. The monoisotopic (exact) mass is 442 g/mol. The van der Waals surface area contributed by atoms with Gasteiger partial charge in [0.1, 0.15) is 4.83 Å². The molecule has 0 spiro atoms. The Bertz CT molecular complexity index is 428. The minimum absolute atomic E-state index is 1.52. The molecule has 1 nitrogen and oxygen atoms in total. The van der Waals surface area contributed by atoms with Crippen molar-refractivity contribution in [3.8, 4) is 0 Å². The molecule has 0 saturated carbocycles. The normalized spacial score (nSPS) is 17.3. The highest BCUT2D eigenvalue weighted by molar-refractivity contribution is 9.09. The maximum absolute atomic E-state index is 13.0. The summed E-state index contributed by atoms with van der Waals surface area (Å²) in [4.78, 5) is -3.34. The summed E-state index contributed by atoms with van der Waals surface area (Å²) in [5, 5.41) is 8.17. The fraction of sp³-hybridized carbons (Fsp3) is 1.00. The molecule has 0 aromatic rings.